The molecule has 0 aliphatic carbocycles. The van der Waals surface area contributed by atoms with Crippen LogP contribution in [-0.4, -0.2) is 21.6 Å². The summed E-state index contributed by atoms with van der Waals surface area (Å²) in [7, 11) is 0. The maximum atomic E-state index is 12.7. The van der Waals surface area contributed by atoms with E-state index < -0.39 is 23.3 Å². The molecule has 2 aromatic rings. The van der Waals surface area contributed by atoms with Crippen LogP contribution in [0.2, 0.25) is 0 Å². The zero-order valence-corrected chi connectivity index (χ0v) is 14.5. The third kappa shape index (κ3) is 4.35. The summed E-state index contributed by atoms with van der Waals surface area (Å²) in [6.07, 6.45) is 0. The standard InChI is InChI=1S/C19H22N2O4/c1-13-8-7-11-15(22)21(13)12-19(2,3)18(25)20-16(17(23)24)14-9-5-4-6-10-14/h4-11,16H,12H2,1-3H3,(H,20,25)(H,23,24). The average molecular weight is 342 g/mol. The summed E-state index contributed by atoms with van der Waals surface area (Å²) in [5, 5.41) is 12.0. The Morgan fingerprint density at radius 2 is 1.76 bits per heavy atom. The van der Waals surface area contributed by atoms with E-state index in [4.69, 9.17) is 0 Å². The first kappa shape index (κ1) is 18.4. The number of carboxylic acid groups (broad SMARTS) is 1. The van der Waals surface area contributed by atoms with Gasteiger partial charge in [0.25, 0.3) is 5.56 Å². The van der Waals surface area contributed by atoms with Crippen molar-refractivity contribution < 1.29 is 14.7 Å². The second kappa shape index (κ2) is 7.34. The highest BCUT2D eigenvalue weighted by Crippen LogP contribution is 2.21. The number of pyridine rings is 1. The summed E-state index contributed by atoms with van der Waals surface area (Å²) in [6.45, 7) is 5.32. The highest BCUT2D eigenvalue weighted by molar-refractivity contribution is 5.87. The Labute approximate surface area is 146 Å². The predicted molar refractivity (Wildman–Crippen MR) is 94.2 cm³/mol. The fraction of sp³-hybridized carbons (Fsp3) is 0.316. The molecule has 0 saturated heterocycles. The quantitative estimate of drug-likeness (QED) is 0.842. The van der Waals surface area contributed by atoms with Crippen LogP contribution in [0.3, 0.4) is 0 Å². The molecular formula is C19H22N2O4. The number of aryl methyl sites for hydroxylation is 1. The van der Waals surface area contributed by atoms with Crippen molar-refractivity contribution in [3.63, 3.8) is 0 Å². The van der Waals surface area contributed by atoms with Crippen molar-refractivity contribution in [2.75, 3.05) is 0 Å². The minimum Gasteiger partial charge on any atom is -0.479 e. The topological polar surface area (TPSA) is 88.4 Å². The number of benzene rings is 1. The van der Waals surface area contributed by atoms with Gasteiger partial charge in [0.1, 0.15) is 0 Å². The smallest absolute Gasteiger partial charge is 0.330 e. The van der Waals surface area contributed by atoms with Gasteiger partial charge in [-0.3, -0.25) is 9.59 Å². The van der Waals surface area contributed by atoms with E-state index in [2.05, 4.69) is 5.32 Å². The van der Waals surface area contributed by atoms with Gasteiger partial charge in [0.15, 0.2) is 6.04 Å². The van der Waals surface area contributed by atoms with E-state index in [9.17, 15) is 19.5 Å². The Bertz CT molecular complexity index is 825. The van der Waals surface area contributed by atoms with Gasteiger partial charge in [-0.15, -0.1) is 0 Å². The number of carbonyl (C=O) groups is 2. The number of aromatic nitrogens is 1. The Morgan fingerprint density at radius 3 is 2.32 bits per heavy atom. The number of carboxylic acids is 1. The predicted octanol–water partition coefficient (Wildman–Crippen LogP) is 2.13. The van der Waals surface area contributed by atoms with Crippen LogP contribution in [-0.2, 0) is 16.1 Å². The van der Waals surface area contributed by atoms with Gasteiger partial charge in [0, 0.05) is 18.3 Å². The highest BCUT2D eigenvalue weighted by atomic mass is 16.4. The molecule has 2 N–H and O–H groups in total. The molecule has 1 aromatic heterocycles. The van der Waals surface area contributed by atoms with Crippen molar-refractivity contribution in [3.05, 3.63) is 70.1 Å². The van der Waals surface area contributed by atoms with E-state index >= 15 is 0 Å². The van der Waals surface area contributed by atoms with Crippen molar-refractivity contribution in [2.45, 2.75) is 33.4 Å². The van der Waals surface area contributed by atoms with Crippen molar-refractivity contribution >= 4 is 11.9 Å². The molecule has 132 valence electrons. The fourth-order valence-electron chi connectivity index (χ4n) is 2.55. The van der Waals surface area contributed by atoms with Crippen molar-refractivity contribution in [3.8, 4) is 0 Å². The van der Waals surface area contributed by atoms with Crippen LogP contribution < -0.4 is 10.9 Å². The van der Waals surface area contributed by atoms with E-state index in [1.54, 1.807) is 63.2 Å². The maximum Gasteiger partial charge on any atom is 0.330 e. The number of nitrogens with one attached hydrogen (secondary N) is 1. The molecule has 0 aliphatic heterocycles. The molecule has 25 heavy (non-hydrogen) atoms. The first-order chi connectivity index (χ1) is 11.7. The van der Waals surface area contributed by atoms with Gasteiger partial charge < -0.3 is 15.0 Å². The molecule has 0 aliphatic rings. The summed E-state index contributed by atoms with van der Waals surface area (Å²) in [4.78, 5) is 36.3. The van der Waals surface area contributed by atoms with Crippen LogP contribution in [0.4, 0.5) is 0 Å². The largest absolute Gasteiger partial charge is 0.479 e. The van der Waals surface area contributed by atoms with Crippen LogP contribution in [0.15, 0.2) is 53.3 Å². The Hall–Kier alpha value is -2.89. The molecule has 0 spiro atoms. The molecule has 6 heteroatoms. The molecule has 0 saturated carbocycles. The van der Waals surface area contributed by atoms with Crippen molar-refractivity contribution in [1.82, 2.24) is 9.88 Å². The number of nitrogens with zero attached hydrogens (tertiary/aromatic N) is 1. The molecule has 1 heterocycles. The van der Waals surface area contributed by atoms with Gasteiger partial charge in [-0.25, -0.2) is 4.79 Å². The molecule has 0 radical (unpaired) electrons. The molecule has 0 fully saturated rings. The first-order valence-corrected chi connectivity index (χ1v) is 7.97. The minimum atomic E-state index is -1.14. The van der Waals surface area contributed by atoms with Gasteiger partial charge >= 0.3 is 5.97 Å². The molecular weight excluding hydrogens is 320 g/mol. The van der Waals surface area contributed by atoms with Gasteiger partial charge in [-0.05, 0) is 32.4 Å². The third-order valence-electron chi connectivity index (χ3n) is 4.09. The SMILES string of the molecule is Cc1cccc(=O)n1CC(C)(C)C(=O)NC(C(=O)O)c1ccccc1. The van der Waals surface area contributed by atoms with E-state index in [0.717, 1.165) is 5.69 Å². The first-order valence-electron chi connectivity index (χ1n) is 7.97. The summed E-state index contributed by atoms with van der Waals surface area (Å²) in [6, 6.07) is 12.3. The van der Waals surface area contributed by atoms with Crippen LogP contribution in [0.1, 0.15) is 31.1 Å². The van der Waals surface area contributed by atoms with Crippen LogP contribution >= 0.6 is 0 Å². The number of hydrogen-bond acceptors (Lipinski definition) is 3. The van der Waals surface area contributed by atoms with Crippen LogP contribution in [0.5, 0.6) is 0 Å². The molecule has 2 rings (SSSR count). The van der Waals surface area contributed by atoms with Gasteiger partial charge in [0.2, 0.25) is 5.91 Å². The second-order valence-electron chi connectivity index (χ2n) is 6.63. The normalized spacial score (nSPS) is 12.4. The number of aliphatic carboxylic acids is 1. The molecule has 0 bridgehead atoms. The maximum absolute atomic E-state index is 12.7. The van der Waals surface area contributed by atoms with Crippen LogP contribution in [0.25, 0.3) is 0 Å². The highest BCUT2D eigenvalue weighted by Gasteiger charge is 2.33. The zero-order valence-electron chi connectivity index (χ0n) is 14.5. The van der Waals surface area contributed by atoms with Gasteiger partial charge in [-0.1, -0.05) is 36.4 Å². The van der Waals surface area contributed by atoms with E-state index in [0.29, 0.717) is 5.56 Å². The Morgan fingerprint density at radius 1 is 1.12 bits per heavy atom. The lowest BCUT2D eigenvalue weighted by atomic mass is 9.91. The zero-order chi connectivity index (χ0) is 18.6. The number of amides is 1. The lowest BCUT2D eigenvalue weighted by molar-refractivity contribution is -0.143. The lowest BCUT2D eigenvalue weighted by Crippen LogP contribution is -2.45. The lowest BCUT2D eigenvalue weighted by Gasteiger charge is -2.27. The van der Waals surface area contributed by atoms with Gasteiger partial charge in [-0.2, -0.15) is 0 Å². The van der Waals surface area contributed by atoms with E-state index in [-0.39, 0.29) is 12.1 Å². The molecule has 1 amide bonds. The van der Waals surface area contributed by atoms with E-state index in [1.807, 2.05) is 0 Å². The average Bonchev–Trinajstić information content (AvgIpc) is 2.56. The molecule has 1 aromatic carbocycles. The van der Waals surface area contributed by atoms with E-state index in [1.165, 1.54) is 10.6 Å². The summed E-state index contributed by atoms with van der Waals surface area (Å²) in [5.41, 5.74) is 0.0791. The van der Waals surface area contributed by atoms with Gasteiger partial charge in [0.05, 0.1) is 5.41 Å². The number of hydrogen-bond donors (Lipinski definition) is 2. The third-order valence-corrected chi connectivity index (χ3v) is 4.09. The van der Waals surface area contributed by atoms with Crippen LogP contribution in [0, 0.1) is 12.3 Å². The number of rotatable bonds is 6. The summed E-state index contributed by atoms with van der Waals surface area (Å²) < 4.78 is 1.51. The minimum absolute atomic E-state index is 0.158. The number of carbonyl (C=O) groups excluding carboxylic acids is 1. The van der Waals surface area contributed by atoms with Crippen molar-refractivity contribution in [2.24, 2.45) is 5.41 Å². The second-order valence-corrected chi connectivity index (χ2v) is 6.63. The molecule has 6 nitrogen and oxygen atoms in total. The fourth-order valence-corrected chi connectivity index (χ4v) is 2.55. The Balaban J connectivity index is 2.22. The monoisotopic (exact) mass is 342 g/mol. The van der Waals surface area contributed by atoms with Crippen molar-refractivity contribution in [1.29, 1.82) is 0 Å². The Kier molecular flexibility index (Phi) is 5.41. The summed E-state index contributed by atoms with van der Waals surface area (Å²) in [5.74, 6) is -1.57. The molecule has 1 atom stereocenters. The summed E-state index contributed by atoms with van der Waals surface area (Å²) >= 11 is 0. The molecule has 1 unspecified atom stereocenters.